The third-order valence-corrected chi connectivity index (χ3v) is 3.10. The molecule has 108 valence electrons. The van der Waals surface area contributed by atoms with E-state index < -0.39 is 5.97 Å². The molecule has 0 amide bonds. The minimum absolute atomic E-state index is 0.109. The summed E-state index contributed by atoms with van der Waals surface area (Å²) in [5, 5.41) is 14.4. The number of benzene rings is 2. The monoisotopic (exact) mass is 320 g/mol. The van der Waals surface area contributed by atoms with E-state index in [0.29, 0.717) is 21.5 Å². The van der Waals surface area contributed by atoms with E-state index >= 15 is 0 Å². The predicted octanol–water partition coefficient (Wildman–Crippen LogP) is 2.02. The number of rotatable bonds is 4. The topological polar surface area (TPSA) is 76.2 Å². The third kappa shape index (κ3) is 4.34. The van der Waals surface area contributed by atoms with Crippen molar-refractivity contribution in [1.29, 1.82) is 0 Å². The van der Waals surface area contributed by atoms with Crippen molar-refractivity contribution < 1.29 is 9.90 Å². The summed E-state index contributed by atoms with van der Waals surface area (Å²) in [4.78, 5) is 10.6. The van der Waals surface area contributed by atoms with Gasteiger partial charge in [-0.2, -0.15) is 0 Å². The van der Waals surface area contributed by atoms with E-state index in [9.17, 15) is 9.90 Å². The minimum Gasteiger partial charge on any atom is -0.545 e. The third-order valence-electron chi connectivity index (χ3n) is 2.56. The Labute approximate surface area is 131 Å². The lowest BCUT2D eigenvalue weighted by Gasteiger charge is -2.13. The molecule has 0 spiro atoms. The fourth-order valence-corrected chi connectivity index (χ4v) is 1.88. The average Bonchev–Trinajstić information content (AvgIpc) is 2.48. The molecule has 5 nitrogen and oxygen atoms in total. The van der Waals surface area contributed by atoms with Crippen molar-refractivity contribution in [2.45, 2.75) is 0 Å². The van der Waals surface area contributed by atoms with Gasteiger partial charge < -0.3 is 15.2 Å². The number of para-hydroxylation sites is 1. The van der Waals surface area contributed by atoms with Crippen molar-refractivity contribution in [1.82, 2.24) is 5.43 Å². The second-order valence-corrected chi connectivity index (χ2v) is 4.86. The molecular weight excluding hydrogens is 310 g/mol. The van der Waals surface area contributed by atoms with Crippen LogP contribution in [0.3, 0.4) is 0 Å². The summed E-state index contributed by atoms with van der Waals surface area (Å²) in [6, 6.07) is 13.3. The van der Waals surface area contributed by atoms with Crippen molar-refractivity contribution in [2.24, 2.45) is 0 Å². The highest BCUT2D eigenvalue weighted by molar-refractivity contribution is 7.80. The molecule has 2 aromatic rings. The van der Waals surface area contributed by atoms with E-state index in [0.717, 1.165) is 0 Å². The van der Waals surface area contributed by atoms with Gasteiger partial charge in [0.1, 0.15) is 0 Å². The Morgan fingerprint density at radius 1 is 1.10 bits per heavy atom. The Kier molecular flexibility index (Phi) is 4.97. The van der Waals surface area contributed by atoms with Gasteiger partial charge in [0.2, 0.25) is 0 Å². The first-order chi connectivity index (χ1) is 10.1. The van der Waals surface area contributed by atoms with Gasteiger partial charge in [0.15, 0.2) is 5.11 Å². The first kappa shape index (κ1) is 15.1. The van der Waals surface area contributed by atoms with Gasteiger partial charge in [-0.25, -0.2) is 0 Å². The lowest BCUT2D eigenvalue weighted by Crippen LogP contribution is -2.33. The van der Waals surface area contributed by atoms with E-state index in [2.05, 4.69) is 16.2 Å². The van der Waals surface area contributed by atoms with Crippen LogP contribution in [-0.4, -0.2) is 11.1 Å². The normalized spacial score (nSPS) is 9.76. The molecule has 0 unspecified atom stereocenters. The Balaban J connectivity index is 1.89. The quantitative estimate of drug-likeness (QED) is 0.591. The van der Waals surface area contributed by atoms with Gasteiger partial charge in [0, 0.05) is 0 Å². The summed E-state index contributed by atoms with van der Waals surface area (Å²) in [5.41, 5.74) is 7.06. The van der Waals surface area contributed by atoms with E-state index in [1.807, 2.05) is 12.1 Å². The molecule has 0 heterocycles. The van der Waals surface area contributed by atoms with Crippen molar-refractivity contribution >= 4 is 46.3 Å². The summed E-state index contributed by atoms with van der Waals surface area (Å²) < 4.78 is 0. The zero-order valence-corrected chi connectivity index (χ0v) is 12.3. The SMILES string of the molecule is O=C([O-])c1ccc(NNC(=S)Nc2ccccc2Cl)cc1. The van der Waals surface area contributed by atoms with Crippen LogP contribution in [0.25, 0.3) is 0 Å². The lowest BCUT2D eigenvalue weighted by atomic mass is 10.2. The number of halogens is 1. The molecule has 0 bridgehead atoms. The number of hydrogen-bond donors (Lipinski definition) is 3. The number of carbonyl (C=O) groups is 1. The highest BCUT2D eigenvalue weighted by Crippen LogP contribution is 2.20. The number of aromatic carboxylic acids is 1. The number of carbonyl (C=O) groups excluding carboxylic acids is 1. The fraction of sp³-hybridized carbons (Fsp3) is 0. The Morgan fingerprint density at radius 2 is 1.76 bits per heavy atom. The molecule has 0 fully saturated rings. The fourth-order valence-electron chi connectivity index (χ4n) is 1.53. The zero-order valence-electron chi connectivity index (χ0n) is 10.7. The van der Waals surface area contributed by atoms with Crippen LogP contribution in [0.1, 0.15) is 10.4 Å². The van der Waals surface area contributed by atoms with Crippen molar-refractivity contribution in [3.63, 3.8) is 0 Å². The van der Waals surface area contributed by atoms with E-state index in [1.54, 1.807) is 24.3 Å². The molecule has 0 radical (unpaired) electrons. The average molecular weight is 321 g/mol. The molecule has 3 N–H and O–H groups in total. The summed E-state index contributed by atoms with van der Waals surface area (Å²) >= 11 is 11.1. The van der Waals surface area contributed by atoms with E-state index in [1.165, 1.54) is 12.1 Å². The van der Waals surface area contributed by atoms with Gasteiger partial charge in [-0.05, 0) is 42.0 Å². The molecule has 0 atom stereocenters. The number of carboxylic acid groups (broad SMARTS) is 1. The first-order valence-electron chi connectivity index (χ1n) is 5.95. The van der Waals surface area contributed by atoms with Crippen LogP contribution < -0.4 is 21.3 Å². The van der Waals surface area contributed by atoms with Crippen LogP contribution in [0.15, 0.2) is 48.5 Å². The number of thiocarbonyl (C=S) groups is 1. The summed E-state index contributed by atoms with van der Waals surface area (Å²) in [7, 11) is 0. The molecule has 0 aromatic heterocycles. The molecule has 0 aliphatic carbocycles. The maximum absolute atomic E-state index is 10.6. The number of hydrazine groups is 1. The van der Waals surface area contributed by atoms with Crippen LogP contribution in [0.5, 0.6) is 0 Å². The number of nitrogens with one attached hydrogen (secondary N) is 3. The molecule has 21 heavy (non-hydrogen) atoms. The Bertz CT molecular complexity index is 662. The molecule has 0 saturated carbocycles. The van der Waals surface area contributed by atoms with Gasteiger partial charge in [-0.3, -0.25) is 10.9 Å². The van der Waals surface area contributed by atoms with Gasteiger partial charge in [-0.15, -0.1) is 0 Å². The highest BCUT2D eigenvalue weighted by Gasteiger charge is 2.01. The van der Waals surface area contributed by atoms with Gasteiger partial charge in [0.05, 0.1) is 22.4 Å². The second kappa shape index (κ2) is 6.92. The predicted molar refractivity (Wildman–Crippen MR) is 85.2 cm³/mol. The number of anilines is 2. The van der Waals surface area contributed by atoms with Crippen LogP contribution in [0.2, 0.25) is 5.02 Å². The van der Waals surface area contributed by atoms with Crippen LogP contribution in [0, 0.1) is 0 Å². The molecular formula is C14H11ClN3O2S-. The Morgan fingerprint density at radius 3 is 2.38 bits per heavy atom. The molecule has 2 rings (SSSR count). The standard InChI is InChI=1S/C14H12ClN3O2S/c15-11-3-1-2-4-12(11)16-14(21)18-17-10-7-5-9(6-8-10)13(19)20/h1-8,17H,(H,19,20)(H2,16,18,21)/p-1. The summed E-state index contributed by atoms with van der Waals surface area (Å²) in [6.45, 7) is 0. The number of hydrogen-bond acceptors (Lipinski definition) is 4. The number of carboxylic acids is 1. The zero-order chi connectivity index (χ0) is 15.2. The van der Waals surface area contributed by atoms with E-state index in [4.69, 9.17) is 23.8 Å². The summed E-state index contributed by atoms with van der Waals surface area (Å²) in [6.07, 6.45) is 0. The largest absolute Gasteiger partial charge is 0.545 e. The maximum Gasteiger partial charge on any atom is 0.189 e. The van der Waals surface area contributed by atoms with Crippen LogP contribution in [-0.2, 0) is 0 Å². The molecule has 7 heteroatoms. The van der Waals surface area contributed by atoms with Gasteiger partial charge in [0.25, 0.3) is 0 Å². The maximum atomic E-state index is 10.6. The van der Waals surface area contributed by atoms with Crippen molar-refractivity contribution in [2.75, 3.05) is 10.7 Å². The first-order valence-corrected chi connectivity index (χ1v) is 6.74. The second-order valence-electron chi connectivity index (χ2n) is 4.05. The van der Waals surface area contributed by atoms with Gasteiger partial charge in [-0.1, -0.05) is 35.9 Å². The Hall–Kier alpha value is -2.31. The van der Waals surface area contributed by atoms with E-state index in [-0.39, 0.29) is 5.56 Å². The van der Waals surface area contributed by atoms with Crippen molar-refractivity contribution in [3.8, 4) is 0 Å². The highest BCUT2D eigenvalue weighted by atomic mass is 35.5. The molecule has 0 saturated heterocycles. The van der Waals surface area contributed by atoms with Crippen LogP contribution >= 0.6 is 23.8 Å². The minimum atomic E-state index is -1.22. The van der Waals surface area contributed by atoms with Crippen molar-refractivity contribution in [3.05, 3.63) is 59.1 Å². The van der Waals surface area contributed by atoms with Gasteiger partial charge >= 0.3 is 0 Å². The smallest absolute Gasteiger partial charge is 0.189 e. The lowest BCUT2D eigenvalue weighted by molar-refractivity contribution is -0.255. The van der Waals surface area contributed by atoms with Crippen LogP contribution in [0.4, 0.5) is 11.4 Å². The summed E-state index contributed by atoms with van der Waals surface area (Å²) in [5.74, 6) is -1.22. The molecule has 2 aromatic carbocycles. The molecule has 0 aliphatic rings. The molecule has 0 aliphatic heterocycles.